The molecule has 2 heterocycles. The van der Waals surface area contributed by atoms with Crippen molar-refractivity contribution in [3.8, 4) is 0 Å². The van der Waals surface area contributed by atoms with Crippen molar-refractivity contribution < 1.29 is 76.1 Å². The van der Waals surface area contributed by atoms with Gasteiger partial charge in [-0.25, -0.2) is 0 Å². The first kappa shape index (κ1) is 34.9. The second-order valence-electron chi connectivity index (χ2n) is 9.58. The first-order valence-electron chi connectivity index (χ1n) is 13.1. The van der Waals surface area contributed by atoms with Gasteiger partial charge >= 0.3 is 35.8 Å². The maximum Gasteiger partial charge on any atom is 0.303 e. The molecule has 10 atom stereocenters. The van der Waals surface area contributed by atoms with Crippen LogP contribution >= 0.6 is 0 Å². The number of ether oxygens (including phenoxy) is 10. The standard InChI is InChI=1S/C26H38O16/c1-11(27)35-19-17(41-25(33-7)23(39-15(5)31)21(19)37-13(3)29)9-10-18-20(36-12(2)28)22(38-14(4)30)24(40-16(6)32)26(34-8)42-18/h17-26H,9-10H2,1-8H3/t17-,18-,19+,20+,21+,22+,23+,24+,25+,26+/m1/s1. The van der Waals surface area contributed by atoms with Crippen molar-refractivity contribution in [2.75, 3.05) is 14.2 Å². The largest absolute Gasteiger partial charge is 0.456 e. The summed E-state index contributed by atoms with van der Waals surface area (Å²) in [5.41, 5.74) is 0. The Morgan fingerprint density at radius 2 is 0.667 bits per heavy atom. The first-order valence-corrected chi connectivity index (χ1v) is 13.1. The molecule has 0 aromatic carbocycles. The minimum Gasteiger partial charge on any atom is -0.456 e. The predicted molar refractivity (Wildman–Crippen MR) is 134 cm³/mol. The molecule has 0 saturated carbocycles. The summed E-state index contributed by atoms with van der Waals surface area (Å²) < 4.78 is 55.0. The second-order valence-corrected chi connectivity index (χ2v) is 9.58. The Bertz CT molecular complexity index is 919. The quantitative estimate of drug-likeness (QED) is 0.227. The molecule has 0 radical (unpaired) electrons. The van der Waals surface area contributed by atoms with E-state index in [1.165, 1.54) is 14.2 Å². The van der Waals surface area contributed by atoms with E-state index < -0.39 is 97.2 Å². The summed E-state index contributed by atoms with van der Waals surface area (Å²) in [5, 5.41) is 0. The maximum atomic E-state index is 12.1. The second kappa shape index (κ2) is 15.8. The van der Waals surface area contributed by atoms with Crippen LogP contribution in [0.5, 0.6) is 0 Å². The summed E-state index contributed by atoms with van der Waals surface area (Å²) in [5.74, 6) is -4.45. The van der Waals surface area contributed by atoms with E-state index in [0.29, 0.717) is 0 Å². The summed E-state index contributed by atoms with van der Waals surface area (Å²) in [6.45, 7) is 6.79. The Balaban J connectivity index is 2.45. The van der Waals surface area contributed by atoms with Crippen molar-refractivity contribution in [2.24, 2.45) is 0 Å². The van der Waals surface area contributed by atoms with Crippen molar-refractivity contribution >= 4 is 35.8 Å². The molecule has 0 aromatic rings. The molecule has 2 saturated heterocycles. The fourth-order valence-corrected chi connectivity index (χ4v) is 4.88. The van der Waals surface area contributed by atoms with Gasteiger partial charge in [0.25, 0.3) is 0 Å². The lowest BCUT2D eigenvalue weighted by Gasteiger charge is -2.46. The van der Waals surface area contributed by atoms with Crippen LogP contribution < -0.4 is 0 Å². The van der Waals surface area contributed by atoms with Crippen LogP contribution in [-0.2, 0) is 76.1 Å². The topological polar surface area (TPSA) is 195 Å². The highest BCUT2D eigenvalue weighted by atomic mass is 16.7. The third-order valence-corrected chi connectivity index (χ3v) is 6.19. The minimum absolute atomic E-state index is 0.00769. The lowest BCUT2D eigenvalue weighted by Crippen LogP contribution is -2.63. The highest BCUT2D eigenvalue weighted by molar-refractivity contribution is 5.69. The van der Waals surface area contributed by atoms with Crippen molar-refractivity contribution in [1.82, 2.24) is 0 Å². The van der Waals surface area contributed by atoms with Gasteiger partial charge in [-0.1, -0.05) is 0 Å². The van der Waals surface area contributed by atoms with Crippen LogP contribution in [0.3, 0.4) is 0 Å². The van der Waals surface area contributed by atoms with Gasteiger partial charge in [0.1, 0.15) is 12.2 Å². The monoisotopic (exact) mass is 606 g/mol. The van der Waals surface area contributed by atoms with E-state index in [1.54, 1.807) is 0 Å². The molecule has 238 valence electrons. The van der Waals surface area contributed by atoms with Gasteiger partial charge < -0.3 is 47.4 Å². The Labute approximate surface area is 242 Å². The van der Waals surface area contributed by atoms with E-state index in [0.717, 1.165) is 41.5 Å². The van der Waals surface area contributed by atoms with Crippen molar-refractivity contribution in [3.63, 3.8) is 0 Å². The molecule has 16 heteroatoms. The number of rotatable bonds is 11. The first-order chi connectivity index (χ1) is 19.7. The Morgan fingerprint density at radius 3 is 0.905 bits per heavy atom. The van der Waals surface area contributed by atoms with E-state index in [-0.39, 0.29) is 12.8 Å². The fourth-order valence-electron chi connectivity index (χ4n) is 4.88. The van der Waals surface area contributed by atoms with Crippen LogP contribution in [0.1, 0.15) is 54.4 Å². The SMILES string of the molecule is CO[C@H]1O[C@H](CC[C@H]2O[C@H](OC)[C@@H](OC(C)=O)[C@@H](OC(C)=O)[C@H]2OC(C)=O)[C@H](OC(C)=O)[C@H](OC(C)=O)[C@@H]1OC(C)=O. The van der Waals surface area contributed by atoms with E-state index in [1.807, 2.05) is 0 Å². The molecule has 0 bridgehead atoms. The van der Waals surface area contributed by atoms with Gasteiger partial charge in [0.15, 0.2) is 49.2 Å². The summed E-state index contributed by atoms with van der Waals surface area (Å²) in [6.07, 6.45) is -12.3. The number of esters is 6. The van der Waals surface area contributed by atoms with E-state index >= 15 is 0 Å². The van der Waals surface area contributed by atoms with Gasteiger partial charge in [0.05, 0.1) is 0 Å². The zero-order valence-corrected chi connectivity index (χ0v) is 24.7. The highest BCUT2D eigenvalue weighted by Crippen LogP contribution is 2.35. The molecule has 42 heavy (non-hydrogen) atoms. The van der Waals surface area contributed by atoms with Crippen molar-refractivity contribution in [1.29, 1.82) is 0 Å². The van der Waals surface area contributed by atoms with Crippen LogP contribution in [0, 0.1) is 0 Å². The van der Waals surface area contributed by atoms with Gasteiger partial charge in [-0.2, -0.15) is 0 Å². The number of hydrogen-bond acceptors (Lipinski definition) is 16. The molecule has 2 rings (SSSR count). The lowest BCUT2D eigenvalue weighted by molar-refractivity contribution is -0.308. The van der Waals surface area contributed by atoms with Crippen molar-refractivity contribution in [2.45, 2.75) is 116 Å². The number of carbonyl (C=O) groups excluding carboxylic acids is 6. The minimum atomic E-state index is -1.32. The van der Waals surface area contributed by atoms with Crippen LogP contribution in [0.15, 0.2) is 0 Å². The van der Waals surface area contributed by atoms with Crippen LogP contribution in [-0.4, -0.2) is 111 Å². The Morgan fingerprint density at radius 1 is 0.429 bits per heavy atom. The van der Waals surface area contributed by atoms with E-state index in [4.69, 9.17) is 47.4 Å². The number of hydrogen-bond donors (Lipinski definition) is 0. The normalized spacial score (nSPS) is 32.6. The predicted octanol–water partition coefficient (Wildman–Crippen LogP) is 0.0994. The van der Waals surface area contributed by atoms with Gasteiger partial charge in [0, 0.05) is 55.8 Å². The van der Waals surface area contributed by atoms with Crippen LogP contribution in [0.2, 0.25) is 0 Å². The third kappa shape index (κ3) is 9.61. The van der Waals surface area contributed by atoms with E-state index in [9.17, 15) is 28.8 Å². The third-order valence-electron chi connectivity index (χ3n) is 6.19. The van der Waals surface area contributed by atoms with Crippen LogP contribution in [0.4, 0.5) is 0 Å². The molecule has 0 amide bonds. The van der Waals surface area contributed by atoms with Crippen LogP contribution in [0.25, 0.3) is 0 Å². The molecule has 0 aromatic heterocycles. The summed E-state index contributed by atoms with van der Waals surface area (Å²) in [4.78, 5) is 71.7. The molecule has 0 aliphatic carbocycles. The molecule has 2 aliphatic rings. The summed E-state index contributed by atoms with van der Waals surface area (Å²) in [7, 11) is 2.55. The van der Waals surface area contributed by atoms with Gasteiger partial charge in [-0.15, -0.1) is 0 Å². The zero-order chi connectivity index (χ0) is 31.7. The molecule has 2 aliphatic heterocycles. The molecule has 2 fully saturated rings. The molecule has 0 spiro atoms. The fraction of sp³-hybridized carbons (Fsp3) is 0.769. The molecule has 16 nitrogen and oxygen atoms in total. The van der Waals surface area contributed by atoms with Gasteiger partial charge in [-0.05, 0) is 12.8 Å². The van der Waals surface area contributed by atoms with Gasteiger partial charge in [0.2, 0.25) is 0 Å². The molecule has 0 N–H and O–H groups in total. The number of methoxy groups -OCH3 is 2. The average Bonchev–Trinajstić information content (AvgIpc) is 2.86. The zero-order valence-electron chi connectivity index (χ0n) is 24.7. The molecular weight excluding hydrogens is 568 g/mol. The lowest BCUT2D eigenvalue weighted by atomic mass is 9.90. The molecular formula is C26H38O16. The smallest absolute Gasteiger partial charge is 0.303 e. The van der Waals surface area contributed by atoms with Gasteiger partial charge in [-0.3, -0.25) is 28.8 Å². The maximum absolute atomic E-state index is 12.1. The van der Waals surface area contributed by atoms with Crippen molar-refractivity contribution in [3.05, 3.63) is 0 Å². The highest BCUT2D eigenvalue weighted by Gasteiger charge is 2.54. The summed E-state index contributed by atoms with van der Waals surface area (Å²) in [6, 6.07) is 0. The Hall–Kier alpha value is -3.34. The summed E-state index contributed by atoms with van der Waals surface area (Å²) >= 11 is 0. The number of carbonyl (C=O) groups is 6. The Kier molecular flexibility index (Phi) is 13.1. The van der Waals surface area contributed by atoms with E-state index in [2.05, 4.69) is 0 Å². The average molecular weight is 607 g/mol. The molecule has 0 unspecified atom stereocenters.